The number of hydrogen-bond acceptors (Lipinski definition) is 4. The van der Waals surface area contributed by atoms with Gasteiger partial charge >= 0.3 is 0 Å². The SMILES string of the molecule is CCc1cc(-c2cn3cccc(C=O)c3n2)on1. The van der Waals surface area contributed by atoms with Gasteiger partial charge in [0.05, 0.1) is 11.3 Å². The molecule has 0 aliphatic heterocycles. The molecule has 0 amide bonds. The topological polar surface area (TPSA) is 60.4 Å². The first-order valence-electron chi connectivity index (χ1n) is 5.70. The third-order valence-corrected chi connectivity index (χ3v) is 2.81. The lowest BCUT2D eigenvalue weighted by Crippen LogP contribution is -1.88. The van der Waals surface area contributed by atoms with Crippen LogP contribution < -0.4 is 0 Å². The molecule has 3 aromatic rings. The third kappa shape index (κ3) is 1.60. The Hall–Kier alpha value is -2.43. The van der Waals surface area contributed by atoms with E-state index in [9.17, 15) is 4.79 Å². The summed E-state index contributed by atoms with van der Waals surface area (Å²) < 4.78 is 7.03. The fraction of sp³-hybridized carbons (Fsp3) is 0.154. The summed E-state index contributed by atoms with van der Waals surface area (Å²) in [4.78, 5) is 15.3. The molecule has 0 fully saturated rings. The molecule has 0 saturated heterocycles. The normalized spacial score (nSPS) is 10.9. The number of carbonyl (C=O) groups is 1. The molecule has 0 aromatic carbocycles. The van der Waals surface area contributed by atoms with Crippen molar-refractivity contribution in [1.29, 1.82) is 0 Å². The molecule has 3 heterocycles. The highest BCUT2D eigenvalue weighted by Gasteiger charge is 2.11. The quantitative estimate of drug-likeness (QED) is 0.660. The summed E-state index contributed by atoms with van der Waals surface area (Å²) in [5.74, 6) is 0.618. The van der Waals surface area contributed by atoms with E-state index in [0.29, 0.717) is 22.7 Å². The van der Waals surface area contributed by atoms with Crippen molar-refractivity contribution in [3.05, 3.63) is 41.9 Å². The van der Waals surface area contributed by atoms with Crippen LogP contribution in [-0.4, -0.2) is 20.8 Å². The second kappa shape index (κ2) is 4.10. The van der Waals surface area contributed by atoms with Crippen LogP contribution >= 0.6 is 0 Å². The lowest BCUT2D eigenvalue weighted by atomic mass is 10.3. The zero-order chi connectivity index (χ0) is 12.5. The number of aromatic nitrogens is 3. The van der Waals surface area contributed by atoms with Crippen molar-refractivity contribution in [3.63, 3.8) is 0 Å². The maximum atomic E-state index is 10.9. The standard InChI is InChI=1S/C13H11N3O2/c1-2-10-6-12(18-15-10)11-7-16-5-3-4-9(8-17)13(16)14-11/h3-8H,2H2,1H3. The number of carbonyl (C=O) groups excluding carboxylic acids is 1. The van der Waals surface area contributed by atoms with E-state index in [1.807, 2.05) is 25.4 Å². The minimum Gasteiger partial charge on any atom is -0.354 e. The molecule has 3 rings (SSSR count). The van der Waals surface area contributed by atoms with Crippen molar-refractivity contribution in [1.82, 2.24) is 14.5 Å². The van der Waals surface area contributed by atoms with E-state index >= 15 is 0 Å². The van der Waals surface area contributed by atoms with Gasteiger partial charge in [0.1, 0.15) is 11.3 Å². The highest BCUT2D eigenvalue weighted by atomic mass is 16.5. The van der Waals surface area contributed by atoms with E-state index in [4.69, 9.17) is 4.52 Å². The van der Waals surface area contributed by atoms with E-state index in [1.54, 1.807) is 16.5 Å². The first-order chi connectivity index (χ1) is 8.81. The maximum Gasteiger partial charge on any atom is 0.187 e. The molecule has 3 aromatic heterocycles. The van der Waals surface area contributed by atoms with Gasteiger partial charge in [-0.05, 0) is 18.6 Å². The molecular formula is C13H11N3O2. The predicted octanol–water partition coefficient (Wildman–Crippen LogP) is 2.36. The van der Waals surface area contributed by atoms with Crippen LogP contribution in [0.3, 0.4) is 0 Å². The van der Waals surface area contributed by atoms with Crippen LogP contribution in [0, 0.1) is 0 Å². The number of nitrogens with zero attached hydrogens (tertiary/aromatic N) is 3. The zero-order valence-electron chi connectivity index (χ0n) is 9.83. The lowest BCUT2D eigenvalue weighted by Gasteiger charge is -1.93. The molecule has 0 aliphatic carbocycles. The Morgan fingerprint density at radius 2 is 2.39 bits per heavy atom. The molecule has 0 saturated carbocycles. The van der Waals surface area contributed by atoms with Crippen molar-refractivity contribution in [3.8, 4) is 11.5 Å². The number of pyridine rings is 1. The van der Waals surface area contributed by atoms with E-state index in [1.165, 1.54) is 0 Å². The van der Waals surface area contributed by atoms with Gasteiger partial charge in [0.25, 0.3) is 0 Å². The average molecular weight is 241 g/mol. The van der Waals surface area contributed by atoms with Crippen LogP contribution in [0.1, 0.15) is 23.0 Å². The Morgan fingerprint density at radius 1 is 1.50 bits per heavy atom. The van der Waals surface area contributed by atoms with Crippen molar-refractivity contribution in [2.24, 2.45) is 0 Å². The van der Waals surface area contributed by atoms with Gasteiger partial charge < -0.3 is 8.92 Å². The lowest BCUT2D eigenvalue weighted by molar-refractivity contribution is 0.112. The van der Waals surface area contributed by atoms with Crippen LogP contribution in [0.2, 0.25) is 0 Å². The fourth-order valence-corrected chi connectivity index (χ4v) is 1.84. The molecule has 0 atom stereocenters. The molecule has 0 bridgehead atoms. The largest absolute Gasteiger partial charge is 0.354 e. The summed E-state index contributed by atoms with van der Waals surface area (Å²) in [6, 6.07) is 5.40. The summed E-state index contributed by atoms with van der Waals surface area (Å²) in [7, 11) is 0. The monoisotopic (exact) mass is 241 g/mol. The molecule has 5 nitrogen and oxygen atoms in total. The second-order valence-corrected chi connectivity index (χ2v) is 3.97. The third-order valence-electron chi connectivity index (χ3n) is 2.81. The summed E-state index contributed by atoms with van der Waals surface area (Å²) in [6.07, 6.45) is 5.28. The van der Waals surface area contributed by atoms with Crippen LogP contribution in [-0.2, 0) is 6.42 Å². The van der Waals surface area contributed by atoms with E-state index < -0.39 is 0 Å². The molecule has 0 N–H and O–H groups in total. The highest BCUT2D eigenvalue weighted by Crippen LogP contribution is 2.21. The number of fused-ring (bicyclic) bond motifs is 1. The molecule has 18 heavy (non-hydrogen) atoms. The Balaban J connectivity index is 2.15. The smallest absolute Gasteiger partial charge is 0.187 e. The van der Waals surface area contributed by atoms with Gasteiger partial charge in [-0.1, -0.05) is 12.1 Å². The number of imidazole rings is 1. The Labute approximate surface area is 103 Å². The average Bonchev–Trinajstić information content (AvgIpc) is 3.03. The summed E-state index contributed by atoms with van der Waals surface area (Å²) in [6.45, 7) is 2.01. The van der Waals surface area contributed by atoms with Crippen LogP contribution in [0.15, 0.2) is 35.1 Å². The van der Waals surface area contributed by atoms with Gasteiger partial charge in [0.2, 0.25) is 0 Å². The molecular weight excluding hydrogens is 230 g/mol. The van der Waals surface area contributed by atoms with Gasteiger partial charge in [-0.15, -0.1) is 0 Å². The molecule has 0 aliphatic rings. The molecule has 0 spiro atoms. The molecule has 0 radical (unpaired) electrons. The summed E-state index contributed by atoms with van der Waals surface area (Å²) in [5, 5.41) is 3.93. The molecule has 5 heteroatoms. The molecule has 90 valence electrons. The zero-order valence-corrected chi connectivity index (χ0v) is 9.83. The van der Waals surface area contributed by atoms with E-state index in [-0.39, 0.29) is 0 Å². The minimum absolute atomic E-state index is 0.555. The van der Waals surface area contributed by atoms with Gasteiger partial charge in [-0.2, -0.15) is 0 Å². The number of aldehydes is 1. The van der Waals surface area contributed by atoms with Crippen molar-refractivity contribution >= 4 is 11.9 Å². The van der Waals surface area contributed by atoms with Gasteiger partial charge in [-0.25, -0.2) is 4.98 Å². The van der Waals surface area contributed by atoms with Gasteiger partial charge in [-0.3, -0.25) is 4.79 Å². The Kier molecular flexibility index (Phi) is 2.44. The number of hydrogen-bond donors (Lipinski definition) is 0. The number of rotatable bonds is 3. The molecule has 0 unspecified atom stereocenters. The first kappa shape index (κ1) is 10.7. The maximum absolute atomic E-state index is 10.9. The Morgan fingerprint density at radius 3 is 3.11 bits per heavy atom. The highest BCUT2D eigenvalue weighted by molar-refractivity contribution is 5.84. The summed E-state index contributed by atoms with van der Waals surface area (Å²) in [5.41, 5.74) is 2.74. The fourth-order valence-electron chi connectivity index (χ4n) is 1.84. The van der Waals surface area contributed by atoms with Crippen molar-refractivity contribution in [2.45, 2.75) is 13.3 Å². The van der Waals surface area contributed by atoms with Crippen LogP contribution in [0.4, 0.5) is 0 Å². The van der Waals surface area contributed by atoms with Gasteiger partial charge in [0, 0.05) is 18.5 Å². The van der Waals surface area contributed by atoms with Crippen LogP contribution in [0.25, 0.3) is 17.1 Å². The first-order valence-corrected chi connectivity index (χ1v) is 5.70. The van der Waals surface area contributed by atoms with Gasteiger partial charge in [0.15, 0.2) is 12.0 Å². The number of aryl methyl sites for hydroxylation is 1. The van der Waals surface area contributed by atoms with E-state index in [0.717, 1.165) is 18.4 Å². The van der Waals surface area contributed by atoms with E-state index in [2.05, 4.69) is 10.1 Å². The summed E-state index contributed by atoms with van der Waals surface area (Å²) >= 11 is 0. The Bertz CT molecular complexity index is 712. The predicted molar refractivity (Wildman–Crippen MR) is 65.5 cm³/mol. The van der Waals surface area contributed by atoms with Crippen molar-refractivity contribution < 1.29 is 9.32 Å². The minimum atomic E-state index is 0.555. The van der Waals surface area contributed by atoms with Crippen LogP contribution in [0.5, 0.6) is 0 Å². The second-order valence-electron chi connectivity index (χ2n) is 3.97. The van der Waals surface area contributed by atoms with Crippen molar-refractivity contribution in [2.75, 3.05) is 0 Å².